The van der Waals surface area contributed by atoms with E-state index in [1.54, 1.807) is 38.1 Å². The van der Waals surface area contributed by atoms with E-state index in [0.29, 0.717) is 18.5 Å². The lowest BCUT2D eigenvalue weighted by molar-refractivity contribution is -0.142. The second-order valence-electron chi connectivity index (χ2n) is 9.77. The molecular weight excluding hydrogens is 628 g/mol. The lowest BCUT2D eigenvalue weighted by Gasteiger charge is -2.21. The van der Waals surface area contributed by atoms with Crippen molar-refractivity contribution in [1.29, 1.82) is 0 Å². The second kappa shape index (κ2) is 29.6. The molecule has 0 saturated carbocycles. The van der Waals surface area contributed by atoms with Gasteiger partial charge in [0.05, 0.1) is 26.4 Å². The molecule has 0 saturated heterocycles. The summed E-state index contributed by atoms with van der Waals surface area (Å²) in [7, 11) is 0. The highest BCUT2D eigenvalue weighted by atomic mass is 16.5. The number of anilines is 1. The van der Waals surface area contributed by atoms with Crippen molar-refractivity contribution in [1.82, 2.24) is 21.3 Å². The Balaban J connectivity index is 0. The molecule has 0 radical (unpaired) electrons. The summed E-state index contributed by atoms with van der Waals surface area (Å²) in [6, 6.07) is 5.38. The number of hydrogen-bond donors (Lipinski definition) is 6. The molecule has 6 amide bonds. The summed E-state index contributed by atoms with van der Waals surface area (Å²) in [5.41, 5.74) is 5.99. The van der Waals surface area contributed by atoms with E-state index < -0.39 is 35.7 Å². The topological polar surface area (TPSA) is 233 Å². The van der Waals surface area contributed by atoms with Crippen LogP contribution in [0.25, 0.3) is 0 Å². The maximum absolute atomic E-state index is 12.6. The summed E-state index contributed by atoms with van der Waals surface area (Å²) >= 11 is 0. The number of primary amides is 1. The fourth-order valence-corrected chi connectivity index (χ4v) is 3.17. The lowest BCUT2D eigenvalue weighted by atomic mass is 10.0. The smallest absolute Gasteiger partial charge is 0.312 e. The van der Waals surface area contributed by atoms with Crippen LogP contribution in [0, 0.1) is 5.92 Å². The third kappa shape index (κ3) is 26.4. The van der Waals surface area contributed by atoms with Crippen molar-refractivity contribution >= 4 is 47.6 Å². The van der Waals surface area contributed by atoms with Crippen LogP contribution in [-0.2, 0) is 49.6 Å². The molecule has 0 aromatic heterocycles. The zero-order valence-corrected chi connectivity index (χ0v) is 28.7. The van der Waals surface area contributed by atoms with Crippen molar-refractivity contribution in [3.05, 3.63) is 42.0 Å². The van der Waals surface area contributed by atoms with Crippen LogP contribution in [0.1, 0.15) is 53.5 Å². The highest BCUT2D eigenvalue weighted by Gasteiger charge is 2.24. The van der Waals surface area contributed by atoms with Gasteiger partial charge in [0.1, 0.15) is 25.5 Å². The summed E-state index contributed by atoms with van der Waals surface area (Å²) in [6.07, 6.45) is 3.62. The average molecular weight is 681 g/mol. The number of benzene rings is 1. The van der Waals surface area contributed by atoms with Gasteiger partial charge in [0.25, 0.3) is 0 Å². The van der Waals surface area contributed by atoms with E-state index in [0.717, 1.165) is 24.1 Å². The number of carbonyl (C=O) groups excluding carboxylic acids is 7. The minimum atomic E-state index is -0.873. The molecular formula is C32H52N6O10. The van der Waals surface area contributed by atoms with Crippen molar-refractivity contribution < 1.29 is 47.8 Å². The Morgan fingerprint density at radius 3 is 2.06 bits per heavy atom. The first-order valence-electron chi connectivity index (χ1n) is 15.6. The summed E-state index contributed by atoms with van der Waals surface area (Å²) in [4.78, 5) is 79.1. The molecule has 0 fully saturated rings. The third-order valence-corrected chi connectivity index (χ3v) is 5.39. The van der Waals surface area contributed by atoms with E-state index in [1.807, 2.05) is 20.8 Å². The Morgan fingerprint density at radius 2 is 1.52 bits per heavy atom. The summed E-state index contributed by atoms with van der Waals surface area (Å²) in [5, 5.41) is 12.7. The molecule has 1 aromatic rings. The second-order valence-corrected chi connectivity index (χ2v) is 9.77. The number of ether oxygens (including phenoxy) is 3. The number of hydrogen-bond acceptors (Lipinski definition) is 10. The molecule has 16 heteroatoms. The van der Waals surface area contributed by atoms with Crippen LogP contribution in [0.4, 0.5) is 10.5 Å². The van der Waals surface area contributed by atoms with Gasteiger partial charge < -0.3 is 46.5 Å². The molecule has 270 valence electrons. The monoisotopic (exact) mass is 680 g/mol. The lowest BCUT2D eigenvalue weighted by Crippen LogP contribution is -2.51. The normalized spacial score (nSPS) is 10.6. The van der Waals surface area contributed by atoms with Gasteiger partial charge in [0.2, 0.25) is 23.6 Å². The van der Waals surface area contributed by atoms with Gasteiger partial charge in [-0.2, -0.15) is 0 Å². The van der Waals surface area contributed by atoms with Crippen molar-refractivity contribution in [2.45, 2.75) is 60.6 Å². The van der Waals surface area contributed by atoms with Crippen LogP contribution >= 0.6 is 0 Å². The fourth-order valence-electron chi connectivity index (χ4n) is 3.17. The first-order valence-corrected chi connectivity index (χ1v) is 15.6. The van der Waals surface area contributed by atoms with Crippen molar-refractivity contribution in [3.63, 3.8) is 0 Å². The number of aldehydes is 1. The first-order chi connectivity index (χ1) is 22.9. The molecule has 0 aliphatic rings. The zero-order valence-electron chi connectivity index (χ0n) is 28.7. The van der Waals surface area contributed by atoms with E-state index >= 15 is 0 Å². The number of nitrogens with one attached hydrogen (secondary N) is 5. The maximum Gasteiger partial charge on any atom is 0.312 e. The Labute approximate surface area is 282 Å². The van der Waals surface area contributed by atoms with Crippen molar-refractivity contribution in [2.75, 3.05) is 51.4 Å². The minimum absolute atomic E-state index is 0.121. The Hall–Kier alpha value is -4.83. The molecule has 0 aliphatic heterocycles. The van der Waals surface area contributed by atoms with Gasteiger partial charge in [0.15, 0.2) is 0 Å². The molecule has 7 N–H and O–H groups in total. The van der Waals surface area contributed by atoms with E-state index in [-0.39, 0.29) is 58.0 Å². The largest absolute Gasteiger partial charge is 0.461 e. The summed E-state index contributed by atoms with van der Waals surface area (Å²) < 4.78 is 15.4. The number of amides is 6. The number of nitrogens with two attached hydrogens (primary N) is 1. The maximum atomic E-state index is 12.6. The van der Waals surface area contributed by atoms with E-state index in [4.69, 9.17) is 19.9 Å². The van der Waals surface area contributed by atoms with Gasteiger partial charge >= 0.3 is 12.0 Å². The van der Waals surface area contributed by atoms with Gasteiger partial charge in [-0.3, -0.25) is 28.8 Å². The number of urea groups is 1. The van der Waals surface area contributed by atoms with E-state index in [2.05, 4.69) is 26.6 Å². The molecule has 0 heterocycles. The molecule has 48 heavy (non-hydrogen) atoms. The van der Waals surface area contributed by atoms with Crippen LogP contribution in [0.15, 0.2) is 36.4 Å². The molecule has 0 aliphatic carbocycles. The van der Waals surface area contributed by atoms with Crippen LogP contribution in [-0.4, -0.2) is 94.0 Å². The summed E-state index contributed by atoms with van der Waals surface area (Å²) in [5.74, 6) is -2.52. The van der Waals surface area contributed by atoms with Crippen LogP contribution < -0.4 is 32.3 Å². The first kappa shape index (κ1) is 45.3. The van der Waals surface area contributed by atoms with E-state index in [1.165, 1.54) is 6.92 Å². The molecule has 0 bridgehead atoms. The van der Waals surface area contributed by atoms with Gasteiger partial charge in [-0.25, -0.2) is 4.79 Å². The van der Waals surface area contributed by atoms with Crippen molar-refractivity contribution in [2.24, 2.45) is 11.7 Å². The number of allylic oxidation sites excluding steroid dienone is 1. The molecule has 0 spiro atoms. The Kier molecular flexibility index (Phi) is 27.9. The minimum Gasteiger partial charge on any atom is -0.461 e. The van der Waals surface area contributed by atoms with Gasteiger partial charge in [-0.15, -0.1) is 0 Å². The number of rotatable bonds is 20. The Bertz CT molecular complexity index is 1140. The van der Waals surface area contributed by atoms with Crippen molar-refractivity contribution in [3.8, 4) is 0 Å². The number of carbonyl (C=O) groups is 7. The molecule has 16 nitrogen and oxygen atoms in total. The molecule has 1 rings (SSSR count). The standard InChI is InChI=1S/C26H36N4O9.C4H10N2O.C2H6/c1-18(2)25(30-24(35)17-38-14-13-37-12-10-27-22(33)5-4-11-31)26(36)28-15-23(34)29-21-8-6-20(7-9-21)16-39-19(3)32;1-2-3-6-4(5)7;1-2/h4-9,11,18,25H,10,12-17H2,1-3H3,(H,27,33)(H,28,36)(H,29,34)(H,30,35);2-3H2,1H3,(H3,5,6,7);1-2H3/b5-4-;;. The molecule has 1 aromatic carbocycles. The third-order valence-electron chi connectivity index (χ3n) is 5.39. The highest BCUT2D eigenvalue weighted by molar-refractivity contribution is 5.96. The fraction of sp³-hybridized carbons (Fsp3) is 0.531. The summed E-state index contributed by atoms with van der Waals surface area (Å²) in [6.45, 7) is 11.8. The predicted molar refractivity (Wildman–Crippen MR) is 179 cm³/mol. The zero-order chi connectivity index (χ0) is 36.7. The van der Waals surface area contributed by atoms with Gasteiger partial charge in [-0.1, -0.05) is 46.8 Å². The molecule has 1 unspecified atom stereocenters. The highest BCUT2D eigenvalue weighted by Crippen LogP contribution is 2.10. The molecule has 1 atom stereocenters. The number of esters is 1. The van der Waals surface area contributed by atoms with E-state index in [9.17, 15) is 33.6 Å². The average Bonchev–Trinajstić information content (AvgIpc) is 3.06. The van der Waals surface area contributed by atoms with Crippen LogP contribution in [0.5, 0.6) is 0 Å². The van der Waals surface area contributed by atoms with Gasteiger partial charge in [0, 0.05) is 31.8 Å². The van der Waals surface area contributed by atoms with Gasteiger partial charge in [-0.05, 0) is 36.1 Å². The predicted octanol–water partition coefficient (Wildman–Crippen LogP) is 0.941. The quantitative estimate of drug-likeness (QED) is 0.0494. The Morgan fingerprint density at radius 1 is 0.875 bits per heavy atom. The SMILES string of the molecule is CC.CC(=O)OCc1ccc(NC(=O)CNC(=O)C(NC(=O)COCCOCCNC(=O)/C=C\C=O)C(C)C)cc1.CCCNC(N)=O. The van der Waals surface area contributed by atoms with Crippen LogP contribution in [0.3, 0.4) is 0 Å². The van der Waals surface area contributed by atoms with Crippen LogP contribution in [0.2, 0.25) is 0 Å².